The maximum absolute atomic E-state index is 11.9. The molecule has 1 aromatic heterocycles. The zero-order valence-corrected chi connectivity index (χ0v) is 13.1. The van der Waals surface area contributed by atoms with Gasteiger partial charge < -0.3 is 15.2 Å². The molecule has 1 rings (SSSR count). The summed E-state index contributed by atoms with van der Waals surface area (Å²) < 4.78 is 5.92. The third-order valence-corrected chi connectivity index (χ3v) is 4.23. The summed E-state index contributed by atoms with van der Waals surface area (Å²) in [6.45, 7) is 4.30. The van der Waals surface area contributed by atoms with Gasteiger partial charge in [0.1, 0.15) is 9.54 Å². The molecule has 0 bridgehead atoms. The summed E-state index contributed by atoms with van der Waals surface area (Å²) in [7, 11) is 1.57. The molecule has 18 heavy (non-hydrogen) atoms. The van der Waals surface area contributed by atoms with Crippen molar-refractivity contribution in [2.75, 3.05) is 13.7 Å². The van der Waals surface area contributed by atoms with E-state index < -0.39 is 0 Å². The molecule has 0 aliphatic carbocycles. The van der Waals surface area contributed by atoms with Crippen molar-refractivity contribution in [3.8, 4) is 5.75 Å². The lowest BCUT2D eigenvalue weighted by Gasteiger charge is -2.13. The highest BCUT2D eigenvalue weighted by molar-refractivity contribution is 9.11. The van der Waals surface area contributed by atoms with Crippen molar-refractivity contribution in [1.29, 1.82) is 0 Å². The smallest absolute Gasteiger partial charge is 0.261 e. The van der Waals surface area contributed by atoms with Crippen LogP contribution in [0.15, 0.2) is 9.85 Å². The molecule has 2 unspecified atom stereocenters. The van der Waals surface area contributed by atoms with Gasteiger partial charge in [-0.3, -0.25) is 4.79 Å². The van der Waals surface area contributed by atoms with Gasteiger partial charge in [0.25, 0.3) is 5.91 Å². The number of aliphatic hydroxyl groups is 1. The number of hydrogen-bond acceptors (Lipinski definition) is 4. The summed E-state index contributed by atoms with van der Waals surface area (Å²) in [6, 6.07) is 1.71. The number of halogens is 1. The van der Waals surface area contributed by atoms with Crippen molar-refractivity contribution in [1.82, 2.24) is 5.32 Å². The second-order valence-corrected chi connectivity index (χ2v) is 6.72. The topological polar surface area (TPSA) is 58.6 Å². The molecule has 2 N–H and O–H groups in total. The van der Waals surface area contributed by atoms with Gasteiger partial charge in [-0.15, -0.1) is 11.3 Å². The van der Waals surface area contributed by atoms with Crippen molar-refractivity contribution in [3.63, 3.8) is 0 Å². The lowest BCUT2D eigenvalue weighted by atomic mass is 10.0. The lowest BCUT2D eigenvalue weighted by Crippen LogP contribution is -2.28. The molecule has 102 valence electrons. The summed E-state index contributed by atoms with van der Waals surface area (Å²) in [4.78, 5) is 12.5. The minimum absolute atomic E-state index is 0.110. The molecule has 0 saturated carbocycles. The van der Waals surface area contributed by atoms with Crippen LogP contribution in [0, 0.1) is 5.92 Å². The predicted octanol–water partition coefficient (Wildman–Crippen LogP) is 2.66. The van der Waals surface area contributed by atoms with Crippen molar-refractivity contribution in [2.24, 2.45) is 5.92 Å². The molecule has 0 saturated heterocycles. The standard InChI is InChI=1S/C12H18BrNO3S/c1-7(4-8(2)15)6-14-12(16)10-5-9(17-3)11(13)18-10/h5,7-8,15H,4,6H2,1-3H3,(H,14,16). The SMILES string of the molecule is COc1cc(C(=O)NCC(C)CC(C)O)sc1Br. The quantitative estimate of drug-likeness (QED) is 0.840. The molecule has 1 heterocycles. The molecule has 6 heteroatoms. The van der Waals surface area contributed by atoms with Gasteiger partial charge in [-0.25, -0.2) is 0 Å². The minimum atomic E-state index is -0.340. The summed E-state index contributed by atoms with van der Waals surface area (Å²) >= 11 is 4.68. The van der Waals surface area contributed by atoms with E-state index in [2.05, 4.69) is 21.2 Å². The first-order chi connectivity index (χ1) is 8.43. The highest BCUT2D eigenvalue weighted by Gasteiger charge is 2.14. The maximum atomic E-state index is 11.9. The average molecular weight is 336 g/mol. The Hall–Kier alpha value is -0.590. The van der Waals surface area contributed by atoms with Gasteiger partial charge >= 0.3 is 0 Å². The Kier molecular flexibility index (Phi) is 6.11. The lowest BCUT2D eigenvalue weighted by molar-refractivity contribution is 0.0943. The maximum Gasteiger partial charge on any atom is 0.261 e. The molecular formula is C12H18BrNO3S. The number of rotatable bonds is 6. The Balaban J connectivity index is 2.50. The van der Waals surface area contributed by atoms with Crippen molar-refractivity contribution >= 4 is 33.2 Å². The second kappa shape index (κ2) is 7.11. The number of hydrogen-bond donors (Lipinski definition) is 2. The van der Waals surface area contributed by atoms with Crippen LogP contribution in [0.1, 0.15) is 29.9 Å². The first-order valence-electron chi connectivity index (χ1n) is 5.73. The second-order valence-electron chi connectivity index (χ2n) is 4.35. The van der Waals surface area contributed by atoms with E-state index >= 15 is 0 Å². The van der Waals surface area contributed by atoms with Gasteiger partial charge in [0.2, 0.25) is 0 Å². The minimum Gasteiger partial charge on any atom is -0.495 e. The number of methoxy groups -OCH3 is 1. The van der Waals surface area contributed by atoms with Crippen LogP contribution in [-0.2, 0) is 0 Å². The number of nitrogens with one attached hydrogen (secondary N) is 1. The number of thiophene rings is 1. The zero-order valence-electron chi connectivity index (χ0n) is 10.7. The average Bonchev–Trinajstić information content (AvgIpc) is 2.66. The molecule has 2 atom stereocenters. The number of aliphatic hydroxyl groups excluding tert-OH is 1. The predicted molar refractivity (Wildman–Crippen MR) is 76.4 cm³/mol. The first-order valence-corrected chi connectivity index (χ1v) is 7.34. The Morgan fingerprint density at radius 1 is 1.61 bits per heavy atom. The number of carbonyl (C=O) groups is 1. The van der Waals surface area contributed by atoms with Crippen LogP contribution in [0.3, 0.4) is 0 Å². The monoisotopic (exact) mass is 335 g/mol. The normalized spacial score (nSPS) is 14.1. The van der Waals surface area contributed by atoms with Crippen LogP contribution in [0.25, 0.3) is 0 Å². The van der Waals surface area contributed by atoms with Crippen LogP contribution in [0.5, 0.6) is 5.75 Å². The van der Waals surface area contributed by atoms with Crippen LogP contribution in [0.4, 0.5) is 0 Å². The van der Waals surface area contributed by atoms with Gasteiger partial charge in [0.15, 0.2) is 0 Å². The van der Waals surface area contributed by atoms with Crippen molar-refractivity contribution in [2.45, 2.75) is 26.4 Å². The Morgan fingerprint density at radius 2 is 2.28 bits per heavy atom. The van der Waals surface area contributed by atoms with Gasteiger partial charge in [-0.1, -0.05) is 6.92 Å². The molecule has 0 spiro atoms. The molecule has 0 aliphatic rings. The van der Waals surface area contributed by atoms with E-state index in [1.807, 2.05) is 6.92 Å². The Bertz CT molecular complexity index is 406. The highest BCUT2D eigenvalue weighted by atomic mass is 79.9. The van der Waals surface area contributed by atoms with E-state index in [-0.39, 0.29) is 17.9 Å². The number of ether oxygens (including phenoxy) is 1. The molecular weight excluding hydrogens is 318 g/mol. The largest absolute Gasteiger partial charge is 0.495 e. The van der Waals surface area contributed by atoms with Gasteiger partial charge in [-0.05, 0) is 35.2 Å². The third kappa shape index (κ3) is 4.59. The molecule has 1 aromatic rings. The van der Waals surface area contributed by atoms with E-state index in [1.54, 1.807) is 20.1 Å². The van der Waals surface area contributed by atoms with E-state index in [0.29, 0.717) is 23.6 Å². The molecule has 0 radical (unpaired) electrons. The van der Waals surface area contributed by atoms with Crippen LogP contribution < -0.4 is 10.1 Å². The van der Waals surface area contributed by atoms with E-state index in [9.17, 15) is 9.90 Å². The summed E-state index contributed by atoms with van der Waals surface area (Å²) in [5.41, 5.74) is 0. The molecule has 0 fully saturated rings. The van der Waals surface area contributed by atoms with Crippen LogP contribution >= 0.6 is 27.3 Å². The number of amides is 1. The van der Waals surface area contributed by atoms with Crippen LogP contribution in [-0.4, -0.2) is 30.8 Å². The third-order valence-electron chi connectivity index (χ3n) is 2.45. The molecule has 0 aromatic carbocycles. The summed E-state index contributed by atoms with van der Waals surface area (Å²) in [6.07, 6.45) is 0.338. The fourth-order valence-corrected chi connectivity index (χ4v) is 3.19. The van der Waals surface area contributed by atoms with Gasteiger partial charge in [0.05, 0.1) is 18.1 Å². The molecule has 1 amide bonds. The van der Waals surface area contributed by atoms with Crippen molar-refractivity contribution in [3.05, 3.63) is 14.7 Å². The Labute approximate surface area is 119 Å². The molecule has 4 nitrogen and oxygen atoms in total. The van der Waals surface area contributed by atoms with E-state index in [1.165, 1.54) is 11.3 Å². The zero-order chi connectivity index (χ0) is 13.7. The Morgan fingerprint density at radius 3 is 2.78 bits per heavy atom. The fourth-order valence-electron chi connectivity index (χ4n) is 1.62. The first kappa shape index (κ1) is 15.5. The van der Waals surface area contributed by atoms with Crippen molar-refractivity contribution < 1.29 is 14.6 Å². The van der Waals surface area contributed by atoms with Gasteiger partial charge in [0, 0.05) is 12.6 Å². The summed E-state index contributed by atoms with van der Waals surface area (Å²) in [5.74, 6) is 0.808. The van der Waals surface area contributed by atoms with E-state index in [4.69, 9.17) is 4.74 Å². The fraction of sp³-hybridized carbons (Fsp3) is 0.583. The molecule has 0 aliphatic heterocycles. The summed E-state index contributed by atoms with van der Waals surface area (Å²) in [5, 5.41) is 12.1. The number of carbonyl (C=O) groups excluding carboxylic acids is 1. The van der Waals surface area contributed by atoms with E-state index in [0.717, 1.165) is 3.79 Å². The van der Waals surface area contributed by atoms with Crippen LogP contribution in [0.2, 0.25) is 0 Å². The highest BCUT2D eigenvalue weighted by Crippen LogP contribution is 2.34. The van der Waals surface area contributed by atoms with Gasteiger partial charge in [-0.2, -0.15) is 0 Å².